The topological polar surface area (TPSA) is 54.7 Å². The first kappa shape index (κ1) is 11.0. The highest BCUT2D eigenvalue weighted by Gasteiger charge is 2.23. The Bertz CT molecular complexity index is 475. The van der Waals surface area contributed by atoms with Crippen LogP contribution in [0.15, 0.2) is 23.0 Å². The fourth-order valence-electron chi connectivity index (χ4n) is 2.58. The smallest absolute Gasteiger partial charge is 0.109 e. The van der Waals surface area contributed by atoms with Crippen LogP contribution in [0.25, 0.3) is 11.3 Å². The average molecular weight is 247 g/mol. The van der Waals surface area contributed by atoms with Gasteiger partial charge in [-0.3, -0.25) is 0 Å². The first-order valence-electron chi connectivity index (χ1n) is 6.16. The van der Waals surface area contributed by atoms with Gasteiger partial charge in [0.15, 0.2) is 0 Å². The summed E-state index contributed by atoms with van der Waals surface area (Å²) in [5.74, 6) is 1.63. The zero-order valence-corrected chi connectivity index (χ0v) is 10.5. The predicted molar refractivity (Wildman–Crippen MR) is 71.1 cm³/mol. The van der Waals surface area contributed by atoms with E-state index in [4.69, 9.17) is 5.73 Å². The van der Waals surface area contributed by atoms with Crippen LogP contribution in [0.3, 0.4) is 0 Å². The number of hydrogen-bond donors (Lipinski definition) is 2. The Morgan fingerprint density at radius 3 is 3.12 bits per heavy atom. The molecule has 2 aromatic heterocycles. The van der Waals surface area contributed by atoms with Crippen LogP contribution in [0.5, 0.6) is 0 Å². The van der Waals surface area contributed by atoms with Crippen molar-refractivity contribution in [1.82, 2.24) is 9.97 Å². The van der Waals surface area contributed by atoms with E-state index < -0.39 is 0 Å². The summed E-state index contributed by atoms with van der Waals surface area (Å²) in [6.45, 7) is 0. The Balaban J connectivity index is 1.80. The quantitative estimate of drug-likeness (QED) is 0.856. The Hall–Kier alpha value is -1.13. The van der Waals surface area contributed by atoms with Crippen LogP contribution in [-0.4, -0.2) is 16.0 Å². The molecule has 90 valence electrons. The largest absolute Gasteiger partial charge is 0.342 e. The van der Waals surface area contributed by atoms with Crippen LogP contribution in [-0.2, 0) is 0 Å². The summed E-state index contributed by atoms with van der Waals surface area (Å²) in [5.41, 5.74) is 8.38. The standard InChI is InChI=1S/C13H17N3S/c14-11-3-1-2-9(6-11)13-15-7-12(16-13)10-4-5-17-8-10/h4-5,7-9,11H,1-3,6,14H2,(H,15,16). The van der Waals surface area contributed by atoms with Gasteiger partial charge in [0.25, 0.3) is 0 Å². The first-order chi connectivity index (χ1) is 8.33. The summed E-state index contributed by atoms with van der Waals surface area (Å²) in [5, 5.41) is 4.23. The minimum absolute atomic E-state index is 0.350. The van der Waals surface area contributed by atoms with Crippen LogP contribution in [0.2, 0.25) is 0 Å². The second-order valence-corrected chi connectivity index (χ2v) is 5.60. The maximum absolute atomic E-state index is 6.02. The number of imidazole rings is 1. The van der Waals surface area contributed by atoms with Crippen molar-refractivity contribution in [1.29, 1.82) is 0 Å². The maximum Gasteiger partial charge on any atom is 0.109 e. The van der Waals surface area contributed by atoms with Crippen molar-refractivity contribution in [2.24, 2.45) is 5.73 Å². The summed E-state index contributed by atoms with van der Waals surface area (Å²) in [6, 6.07) is 2.47. The molecular formula is C13H17N3S. The molecule has 2 heterocycles. The van der Waals surface area contributed by atoms with E-state index >= 15 is 0 Å². The SMILES string of the molecule is NC1CCCC(c2ncc(-c3ccsc3)[nH]2)C1. The number of nitrogens with one attached hydrogen (secondary N) is 1. The molecule has 3 rings (SSSR count). The molecule has 0 radical (unpaired) electrons. The van der Waals surface area contributed by atoms with Crippen LogP contribution in [0.4, 0.5) is 0 Å². The summed E-state index contributed by atoms with van der Waals surface area (Å²) in [4.78, 5) is 7.97. The average Bonchev–Trinajstić information content (AvgIpc) is 3.00. The van der Waals surface area contributed by atoms with Crippen molar-refractivity contribution in [2.45, 2.75) is 37.6 Å². The monoisotopic (exact) mass is 247 g/mol. The first-order valence-corrected chi connectivity index (χ1v) is 7.10. The Labute approximate surface area is 105 Å². The van der Waals surface area contributed by atoms with Crippen molar-refractivity contribution in [3.05, 3.63) is 28.8 Å². The van der Waals surface area contributed by atoms with Gasteiger partial charge < -0.3 is 10.7 Å². The lowest BCUT2D eigenvalue weighted by molar-refractivity contribution is 0.383. The van der Waals surface area contributed by atoms with Gasteiger partial charge in [0.05, 0.1) is 11.9 Å². The van der Waals surface area contributed by atoms with E-state index in [0.29, 0.717) is 12.0 Å². The molecule has 1 aliphatic rings. The minimum atomic E-state index is 0.350. The molecule has 1 fully saturated rings. The van der Waals surface area contributed by atoms with E-state index in [0.717, 1.165) is 24.4 Å². The number of H-pyrrole nitrogens is 1. The van der Waals surface area contributed by atoms with Gasteiger partial charge >= 0.3 is 0 Å². The maximum atomic E-state index is 6.02. The van der Waals surface area contributed by atoms with E-state index in [1.807, 2.05) is 6.20 Å². The number of hydrogen-bond acceptors (Lipinski definition) is 3. The van der Waals surface area contributed by atoms with Gasteiger partial charge in [-0.25, -0.2) is 4.98 Å². The van der Waals surface area contributed by atoms with Crippen molar-refractivity contribution < 1.29 is 0 Å². The van der Waals surface area contributed by atoms with E-state index in [-0.39, 0.29) is 0 Å². The molecule has 2 aromatic rings. The number of rotatable bonds is 2. The van der Waals surface area contributed by atoms with Gasteiger partial charge in [0.2, 0.25) is 0 Å². The zero-order valence-electron chi connectivity index (χ0n) is 9.73. The van der Waals surface area contributed by atoms with Gasteiger partial charge in [-0.1, -0.05) is 6.42 Å². The van der Waals surface area contributed by atoms with Gasteiger partial charge in [0, 0.05) is 22.9 Å². The molecule has 4 heteroatoms. The lowest BCUT2D eigenvalue weighted by Crippen LogP contribution is -2.27. The molecule has 17 heavy (non-hydrogen) atoms. The molecule has 0 saturated heterocycles. The Morgan fingerprint density at radius 1 is 1.41 bits per heavy atom. The molecule has 0 spiro atoms. The third-order valence-corrected chi connectivity index (χ3v) is 4.21. The Morgan fingerprint density at radius 2 is 2.35 bits per heavy atom. The summed E-state index contributed by atoms with van der Waals surface area (Å²) < 4.78 is 0. The fourth-order valence-corrected chi connectivity index (χ4v) is 3.24. The highest BCUT2D eigenvalue weighted by molar-refractivity contribution is 7.08. The van der Waals surface area contributed by atoms with E-state index in [1.165, 1.54) is 18.4 Å². The summed E-state index contributed by atoms with van der Waals surface area (Å²) >= 11 is 1.71. The van der Waals surface area contributed by atoms with Gasteiger partial charge in [0.1, 0.15) is 5.82 Å². The van der Waals surface area contributed by atoms with Gasteiger partial charge in [-0.15, -0.1) is 0 Å². The van der Waals surface area contributed by atoms with Crippen molar-refractivity contribution in [3.63, 3.8) is 0 Å². The lowest BCUT2D eigenvalue weighted by Gasteiger charge is -2.24. The van der Waals surface area contributed by atoms with Crippen LogP contribution in [0.1, 0.15) is 37.4 Å². The fraction of sp³-hybridized carbons (Fsp3) is 0.462. The molecule has 0 amide bonds. The van der Waals surface area contributed by atoms with Crippen molar-refractivity contribution >= 4 is 11.3 Å². The van der Waals surface area contributed by atoms with E-state index in [1.54, 1.807) is 11.3 Å². The number of aromatic amines is 1. The number of aromatic nitrogens is 2. The number of thiophene rings is 1. The third-order valence-electron chi connectivity index (χ3n) is 3.53. The summed E-state index contributed by atoms with van der Waals surface area (Å²) in [7, 11) is 0. The van der Waals surface area contributed by atoms with Gasteiger partial charge in [-0.05, 0) is 30.7 Å². The lowest BCUT2D eigenvalue weighted by atomic mass is 9.86. The minimum Gasteiger partial charge on any atom is -0.342 e. The molecule has 1 saturated carbocycles. The summed E-state index contributed by atoms with van der Waals surface area (Å²) in [6.07, 6.45) is 6.60. The molecule has 0 aromatic carbocycles. The number of nitrogens with zero attached hydrogens (tertiary/aromatic N) is 1. The van der Waals surface area contributed by atoms with Crippen LogP contribution in [0, 0.1) is 0 Å². The van der Waals surface area contributed by atoms with E-state index in [2.05, 4.69) is 26.8 Å². The number of nitrogens with two attached hydrogens (primary N) is 1. The molecule has 0 aliphatic heterocycles. The second kappa shape index (κ2) is 4.63. The molecule has 2 unspecified atom stereocenters. The molecule has 1 aliphatic carbocycles. The van der Waals surface area contributed by atoms with Crippen molar-refractivity contribution in [2.75, 3.05) is 0 Å². The van der Waals surface area contributed by atoms with E-state index in [9.17, 15) is 0 Å². The van der Waals surface area contributed by atoms with Crippen LogP contribution < -0.4 is 5.73 Å². The second-order valence-electron chi connectivity index (χ2n) is 4.82. The highest BCUT2D eigenvalue weighted by atomic mass is 32.1. The molecule has 2 atom stereocenters. The van der Waals surface area contributed by atoms with Crippen LogP contribution >= 0.6 is 11.3 Å². The molecule has 3 nitrogen and oxygen atoms in total. The Kier molecular flexibility index (Phi) is 2.99. The molecule has 3 N–H and O–H groups in total. The normalized spacial score (nSPS) is 25.0. The highest BCUT2D eigenvalue weighted by Crippen LogP contribution is 2.31. The predicted octanol–water partition coefficient (Wildman–Crippen LogP) is 3.12. The van der Waals surface area contributed by atoms with Crippen molar-refractivity contribution in [3.8, 4) is 11.3 Å². The molecule has 0 bridgehead atoms. The third kappa shape index (κ3) is 2.28. The molecular weight excluding hydrogens is 230 g/mol. The van der Waals surface area contributed by atoms with Gasteiger partial charge in [-0.2, -0.15) is 11.3 Å². The zero-order chi connectivity index (χ0) is 11.7.